The van der Waals surface area contributed by atoms with E-state index in [1.54, 1.807) is 32.9 Å². The van der Waals surface area contributed by atoms with Crippen LogP contribution in [0.15, 0.2) is 35.2 Å². The minimum absolute atomic E-state index is 0.0169. The summed E-state index contributed by atoms with van der Waals surface area (Å²) >= 11 is 12.1. The van der Waals surface area contributed by atoms with Crippen molar-refractivity contribution in [2.75, 3.05) is 0 Å². The van der Waals surface area contributed by atoms with Gasteiger partial charge in [-0.2, -0.15) is 0 Å². The molecule has 2 aromatic rings. The van der Waals surface area contributed by atoms with Gasteiger partial charge in [-0.1, -0.05) is 40.9 Å². The third-order valence-corrected chi connectivity index (χ3v) is 5.62. The number of carbonyl (C=O) groups is 1. The van der Waals surface area contributed by atoms with Gasteiger partial charge in [0.25, 0.3) is 10.0 Å². The van der Waals surface area contributed by atoms with Crippen LogP contribution >= 0.6 is 23.2 Å². The highest BCUT2D eigenvalue weighted by atomic mass is 35.5. The molecule has 0 fully saturated rings. The first-order chi connectivity index (χ1) is 10.9. The van der Waals surface area contributed by atoms with Crippen LogP contribution in [0, 0.1) is 6.92 Å². The number of rotatable bonds is 3. The summed E-state index contributed by atoms with van der Waals surface area (Å²) < 4.78 is 31.4. The van der Waals surface area contributed by atoms with Gasteiger partial charge in [0, 0.05) is 0 Å². The molecule has 0 unspecified atom stereocenters. The Morgan fingerprint density at radius 3 is 2.17 bits per heavy atom. The largest absolute Gasteiger partial charge is 0.456 e. The Morgan fingerprint density at radius 2 is 1.67 bits per heavy atom. The average molecular weight is 390 g/mol. The summed E-state index contributed by atoms with van der Waals surface area (Å²) in [5.74, 6) is -0.743. The maximum absolute atomic E-state index is 12.7. The third-order valence-electron chi connectivity index (χ3n) is 3.04. The summed E-state index contributed by atoms with van der Waals surface area (Å²) in [6.07, 6.45) is 0. The van der Waals surface area contributed by atoms with Crippen LogP contribution in [0.1, 0.15) is 36.7 Å². The SMILES string of the molecule is Cc1ccc(S(=O)(=O)n2c(Cl)cc(C(=O)OC(C)(C)C)c2Cl)cc1. The van der Waals surface area contributed by atoms with Crippen molar-refractivity contribution in [1.29, 1.82) is 0 Å². The summed E-state index contributed by atoms with van der Waals surface area (Å²) in [5.41, 5.74) is 0.0607. The maximum atomic E-state index is 12.7. The van der Waals surface area contributed by atoms with Crippen LogP contribution in [-0.4, -0.2) is 24.0 Å². The molecule has 0 spiro atoms. The monoisotopic (exact) mass is 389 g/mol. The van der Waals surface area contributed by atoms with Gasteiger partial charge in [0.2, 0.25) is 0 Å². The molecule has 8 heteroatoms. The molecular weight excluding hydrogens is 373 g/mol. The second kappa shape index (κ2) is 6.43. The highest BCUT2D eigenvalue weighted by Crippen LogP contribution is 2.31. The number of aryl methyl sites for hydroxylation is 1. The normalized spacial score (nSPS) is 12.2. The predicted octanol–water partition coefficient (Wildman–Crippen LogP) is 4.30. The number of hydrogen-bond donors (Lipinski definition) is 0. The van der Waals surface area contributed by atoms with Crippen LogP contribution in [0.25, 0.3) is 0 Å². The molecule has 0 aliphatic rings. The highest BCUT2D eigenvalue weighted by molar-refractivity contribution is 7.90. The molecule has 2 rings (SSSR count). The molecule has 130 valence electrons. The highest BCUT2D eigenvalue weighted by Gasteiger charge is 2.29. The number of carbonyl (C=O) groups excluding carboxylic acids is 1. The second-order valence-electron chi connectivity index (χ2n) is 6.26. The summed E-state index contributed by atoms with van der Waals surface area (Å²) in [5, 5.41) is -0.503. The molecule has 1 aromatic heterocycles. The molecule has 0 amide bonds. The van der Waals surface area contributed by atoms with E-state index in [0.717, 1.165) is 9.54 Å². The van der Waals surface area contributed by atoms with Crippen molar-refractivity contribution in [3.63, 3.8) is 0 Å². The third kappa shape index (κ3) is 3.77. The number of halogens is 2. The van der Waals surface area contributed by atoms with E-state index in [0.29, 0.717) is 0 Å². The molecule has 24 heavy (non-hydrogen) atoms. The molecule has 5 nitrogen and oxygen atoms in total. The van der Waals surface area contributed by atoms with E-state index in [-0.39, 0.29) is 20.8 Å². The average Bonchev–Trinajstić information content (AvgIpc) is 2.73. The standard InChI is InChI=1S/C16H17Cl2NO4S/c1-10-5-7-11(8-6-10)24(21,22)19-13(17)9-12(14(19)18)15(20)23-16(2,3)4/h5-9H,1-4H3. The van der Waals surface area contributed by atoms with Crippen LogP contribution in [-0.2, 0) is 14.8 Å². The zero-order chi connectivity index (χ0) is 18.3. The number of hydrogen-bond acceptors (Lipinski definition) is 4. The minimum atomic E-state index is -4.03. The van der Waals surface area contributed by atoms with E-state index in [9.17, 15) is 13.2 Å². The van der Waals surface area contributed by atoms with Crippen molar-refractivity contribution in [2.24, 2.45) is 0 Å². The lowest BCUT2D eigenvalue weighted by Crippen LogP contribution is -2.24. The van der Waals surface area contributed by atoms with Gasteiger partial charge in [0.05, 0.1) is 10.5 Å². The quantitative estimate of drug-likeness (QED) is 0.734. The fraction of sp³-hybridized carbons (Fsp3) is 0.312. The predicted molar refractivity (Wildman–Crippen MR) is 93.4 cm³/mol. The number of nitrogens with zero attached hydrogens (tertiary/aromatic N) is 1. The summed E-state index contributed by atoms with van der Waals surface area (Å²) in [4.78, 5) is 12.2. The van der Waals surface area contributed by atoms with Gasteiger partial charge in [0.15, 0.2) is 0 Å². The molecule has 0 bridgehead atoms. The lowest BCUT2D eigenvalue weighted by Gasteiger charge is -2.19. The Labute approximate surface area is 151 Å². The Balaban J connectivity index is 2.53. The second-order valence-corrected chi connectivity index (χ2v) is 8.79. The molecule has 0 saturated heterocycles. The first-order valence-corrected chi connectivity index (χ1v) is 9.25. The molecule has 1 aromatic carbocycles. The van der Waals surface area contributed by atoms with Crippen LogP contribution in [0.5, 0.6) is 0 Å². The molecule has 1 heterocycles. The van der Waals surface area contributed by atoms with Crippen LogP contribution in [0.4, 0.5) is 0 Å². The van der Waals surface area contributed by atoms with Gasteiger partial charge in [0.1, 0.15) is 15.9 Å². The molecule has 0 atom stereocenters. The summed E-state index contributed by atoms with van der Waals surface area (Å²) in [7, 11) is -4.03. The van der Waals surface area contributed by atoms with Crippen LogP contribution in [0.3, 0.4) is 0 Å². The van der Waals surface area contributed by atoms with E-state index >= 15 is 0 Å². The van der Waals surface area contributed by atoms with Crippen LogP contribution in [0.2, 0.25) is 10.3 Å². The molecular formula is C16H17Cl2NO4S. The van der Waals surface area contributed by atoms with Gasteiger partial charge in [-0.25, -0.2) is 17.2 Å². The molecule has 0 aliphatic heterocycles. The fourth-order valence-electron chi connectivity index (χ4n) is 1.95. The Hall–Kier alpha value is -1.50. The van der Waals surface area contributed by atoms with Gasteiger partial charge in [-0.3, -0.25) is 0 Å². The molecule has 0 radical (unpaired) electrons. The van der Waals surface area contributed by atoms with E-state index in [1.807, 2.05) is 6.92 Å². The van der Waals surface area contributed by atoms with Gasteiger partial charge in [-0.05, 0) is 45.9 Å². The Bertz CT molecular complexity index is 878. The Kier molecular flexibility index (Phi) is 5.04. The van der Waals surface area contributed by atoms with E-state index < -0.39 is 21.6 Å². The van der Waals surface area contributed by atoms with E-state index in [2.05, 4.69) is 0 Å². The minimum Gasteiger partial charge on any atom is -0.456 e. The first kappa shape index (κ1) is 18.8. The van der Waals surface area contributed by atoms with Crippen molar-refractivity contribution >= 4 is 39.2 Å². The van der Waals surface area contributed by atoms with Crippen molar-refractivity contribution in [3.8, 4) is 0 Å². The number of aromatic nitrogens is 1. The Morgan fingerprint density at radius 1 is 1.12 bits per heavy atom. The fourth-order valence-corrected chi connectivity index (χ4v) is 4.24. The van der Waals surface area contributed by atoms with Crippen LogP contribution < -0.4 is 0 Å². The summed E-state index contributed by atoms with van der Waals surface area (Å²) in [6, 6.07) is 7.40. The zero-order valence-corrected chi connectivity index (χ0v) is 16.0. The van der Waals surface area contributed by atoms with Gasteiger partial charge >= 0.3 is 5.97 Å². The van der Waals surface area contributed by atoms with Gasteiger partial charge in [-0.15, -0.1) is 0 Å². The molecule has 0 N–H and O–H groups in total. The van der Waals surface area contributed by atoms with E-state index in [1.165, 1.54) is 18.2 Å². The van der Waals surface area contributed by atoms with Crippen molar-refractivity contribution < 1.29 is 17.9 Å². The van der Waals surface area contributed by atoms with Gasteiger partial charge < -0.3 is 4.74 Å². The van der Waals surface area contributed by atoms with Crippen molar-refractivity contribution in [3.05, 3.63) is 51.8 Å². The summed E-state index contributed by atoms with van der Waals surface area (Å²) in [6.45, 7) is 6.92. The lowest BCUT2D eigenvalue weighted by molar-refractivity contribution is 0.00699. The topological polar surface area (TPSA) is 65.4 Å². The molecule has 0 saturated carbocycles. The number of ether oxygens (including phenoxy) is 1. The smallest absolute Gasteiger partial charge is 0.341 e. The van der Waals surface area contributed by atoms with Crippen molar-refractivity contribution in [2.45, 2.75) is 38.2 Å². The van der Waals surface area contributed by atoms with Crippen molar-refractivity contribution in [1.82, 2.24) is 3.97 Å². The molecule has 0 aliphatic carbocycles. The lowest BCUT2D eigenvalue weighted by atomic mass is 10.2. The first-order valence-electron chi connectivity index (χ1n) is 7.06. The number of benzene rings is 1. The van der Waals surface area contributed by atoms with E-state index in [4.69, 9.17) is 27.9 Å². The maximum Gasteiger partial charge on any atom is 0.341 e. The zero-order valence-electron chi connectivity index (χ0n) is 13.6. The number of esters is 1.